The van der Waals surface area contributed by atoms with E-state index in [1.54, 1.807) is 0 Å². The number of hydrogen-bond acceptors (Lipinski definition) is 5. The van der Waals surface area contributed by atoms with Crippen molar-refractivity contribution in [1.29, 1.82) is 0 Å². The third-order valence-electron chi connectivity index (χ3n) is 10.6. The van der Waals surface area contributed by atoms with Gasteiger partial charge in [-0.25, -0.2) is 0 Å². The Morgan fingerprint density at radius 1 is 1.07 bits per heavy atom. The van der Waals surface area contributed by atoms with E-state index in [-0.39, 0.29) is 41.0 Å². The fourth-order valence-corrected chi connectivity index (χ4v) is 8.78. The number of fused-ring (bicyclic) bond motifs is 5. The van der Waals surface area contributed by atoms with Crippen LogP contribution < -0.4 is 0 Å². The van der Waals surface area contributed by atoms with Crippen LogP contribution in [0.3, 0.4) is 0 Å². The average molecular weight is 423 g/mol. The zero-order valence-electron chi connectivity index (χ0n) is 19.2. The molecule has 4 saturated carbocycles. The highest BCUT2D eigenvalue weighted by Crippen LogP contribution is 2.68. The molecule has 0 aliphatic heterocycles. The van der Waals surface area contributed by atoms with Crippen molar-refractivity contribution in [2.24, 2.45) is 46.3 Å². The molecule has 4 rings (SSSR count). The van der Waals surface area contributed by atoms with Crippen molar-refractivity contribution in [3.63, 3.8) is 0 Å². The Morgan fingerprint density at radius 3 is 2.50 bits per heavy atom. The highest BCUT2D eigenvalue weighted by Gasteiger charge is 2.65. The van der Waals surface area contributed by atoms with Crippen LogP contribution in [-0.2, 0) is 9.53 Å². The third-order valence-corrected chi connectivity index (χ3v) is 10.6. The zero-order chi connectivity index (χ0) is 21.8. The molecule has 3 N–H and O–H groups in total. The van der Waals surface area contributed by atoms with E-state index >= 15 is 0 Å². The van der Waals surface area contributed by atoms with E-state index in [2.05, 4.69) is 20.8 Å². The monoisotopic (exact) mass is 422 g/mol. The van der Waals surface area contributed by atoms with Gasteiger partial charge in [-0.05, 0) is 97.7 Å². The Morgan fingerprint density at radius 2 is 1.80 bits per heavy atom. The average Bonchev–Trinajstić information content (AvgIpc) is 3.06. The van der Waals surface area contributed by atoms with Crippen molar-refractivity contribution in [2.45, 2.75) is 96.9 Å². The molecular formula is C25H42O5. The molecule has 0 bridgehead atoms. The van der Waals surface area contributed by atoms with E-state index in [9.17, 15) is 20.1 Å². The first kappa shape index (κ1) is 22.5. The second kappa shape index (κ2) is 8.04. The molecule has 0 aromatic rings. The van der Waals surface area contributed by atoms with E-state index in [1.807, 2.05) is 0 Å². The lowest BCUT2D eigenvalue weighted by molar-refractivity contribution is -0.207. The molecule has 4 aliphatic carbocycles. The summed E-state index contributed by atoms with van der Waals surface area (Å²) in [6, 6.07) is 0. The maximum absolute atomic E-state index is 11.7. The number of esters is 1. The zero-order valence-corrected chi connectivity index (χ0v) is 19.2. The first-order valence-corrected chi connectivity index (χ1v) is 12.2. The van der Waals surface area contributed by atoms with Crippen LogP contribution in [0.25, 0.3) is 0 Å². The smallest absolute Gasteiger partial charge is 0.305 e. The number of rotatable bonds is 4. The lowest BCUT2D eigenvalue weighted by atomic mass is 9.43. The molecule has 5 heteroatoms. The van der Waals surface area contributed by atoms with Gasteiger partial charge in [0.2, 0.25) is 0 Å². The van der Waals surface area contributed by atoms with Gasteiger partial charge in [0.05, 0.1) is 25.4 Å². The lowest BCUT2D eigenvalue weighted by Crippen LogP contribution is -2.62. The molecule has 5 unspecified atom stereocenters. The topological polar surface area (TPSA) is 87.0 Å². The number of ether oxygens (including phenoxy) is 1. The maximum atomic E-state index is 11.7. The summed E-state index contributed by atoms with van der Waals surface area (Å²) in [5.74, 6) is 1.81. The Labute approximate surface area is 181 Å². The Balaban J connectivity index is 1.58. The van der Waals surface area contributed by atoms with Crippen LogP contribution in [-0.4, -0.2) is 46.7 Å². The molecule has 172 valence electrons. The Kier molecular flexibility index (Phi) is 6.04. The summed E-state index contributed by atoms with van der Waals surface area (Å²) in [4.78, 5) is 11.7. The van der Waals surface area contributed by atoms with E-state index in [0.29, 0.717) is 36.0 Å². The van der Waals surface area contributed by atoms with Gasteiger partial charge in [0.1, 0.15) is 0 Å². The minimum absolute atomic E-state index is 0.111. The van der Waals surface area contributed by atoms with Crippen molar-refractivity contribution in [2.75, 3.05) is 7.11 Å². The molecule has 0 aromatic carbocycles. The number of aliphatic hydroxyl groups is 3. The molecule has 11 atom stereocenters. The van der Waals surface area contributed by atoms with Crippen LogP contribution in [0.2, 0.25) is 0 Å². The third kappa shape index (κ3) is 3.34. The predicted octanol–water partition coefficient (Wildman–Crippen LogP) is 3.54. The second-order valence-corrected chi connectivity index (χ2v) is 11.6. The largest absolute Gasteiger partial charge is 0.469 e. The molecule has 4 fully saturated rings. The molecule has 0 amide bonds. The Hall–Kier alpha value is -0.650. The first-order chi connectivity index (χ1) is 14.1. The van der Waals surface area contributed by atoms with Crippen LogP contribution in [0.4, 0.5) is 0 Å². The minimum Gasteiger partial charge on any atom is -0.469 e. The summed E-state index contributed by atoms with van der Waals surface area (Å²) in [6.45, 7) is 6.85. The van der Waals surface area contributed by atoms with Gasteiger partial charge in [-0.3, -0.25) is 4.79 Å². The van der Waals surface area contributed by atoms with Gasteiger partial charge in [-0.2, -0.15) is 0 Å². The van der Waals surface area contributed by atoms with E-state index in [4.69, 9.17) is 4.74 Å². The molecule has 4 aliphatic rings. The fourth-order valence-electron chi connectivity index (χ4n) is 8.78. The summed E-state index contributed by atoms with van der Waals surface area (Å²) in [6.07, 6.45) is 6.60. The highest BCUT2D eigenvalue weighted by molar-refractivity contribution is 5.69. The predicted molar refractivity (Wildman–Crippen MR) is 114 cm³/mol. The van der Waals surface area contributed by atoms with Crippen molar-refractivity contribution >= 4 is 5.97 Å². The van der Waals surface area contributed by atoms with Crippen LogP contribution in [0.15, 0.2) is 0 Å². The molecule has 0 heterocycles. The Bertz CT molecular complexity index is 651. The van der Waals surface area contributed by atoms with Crippen LogP contribution in [0.1, 0.15) is 78.6 Å². The number of methoxy groups -OCH3 is 1. The molecule has 30 heavy (non-hydrogen) atoms. The van der Waals surface area contributed by atoms with E-state index < -0.39 is 0 Å². The van der Waals surface area contributed by atoms with E-state index in [1.165, 1.54) is 7.11 Å². The summed E-state index contributed by atoms with van der Waals surface area (Å²) >= 11 is 0. The molecule has 5 nitrogen and oxygen atoms in total. The van der Waals surface area contributed by atoms with Gasteiger partial charge in [-0.15, -0.1) is 0 Å². The molecule has 0 radical (unpaired) electrons. The number of hydrogen-bond donors (Lipinski definition) is 3. The molecular weight excluding hydrogens is 380 g/mol. The molecule has 0 spiro atoms. The maximum Gasteiger partial charge on any atom is 0.305 e. The summed E-state index contributed by atoms with van der Waals surface area (Å²) in [7, 11) is 1.44. The van der Waals surface area contributed by atoms with Crippen molar-refractivity contribution in [3.05, 3.63) is 0 Å². The summed E-state index contributed by atoms with van der Waals surface area (Å²) in [5.41, 5.74) is -0.0882. The van der Waals surface area contributed by atoms with Gasteiger partial charge in [0.25, 0.3) is 0 Å². The van der Waals surface area contributed by atoms with Crippen molar-refractivity contribution < 1.29 is 24.9 Å². The van der Waals surface area contributed by atoms with Gasteiger partial charge in [-0.1, -0.05) is 20.8 Å². The molecule has 0 aromatic heterocycles. The normalized spacial score (nSPS) is 51.4. The summed E-state index contributed by atoms with van der Waals surface area (Å²) in [5, 5.41) is 33.1. The van der Waals surface area contributed by atoms with Gasteiger partial charge < -0.3 is 20.1 Å². The van der Waals surface area contributed by atoms with Gasteiger partial charge in [0, 0.05) is 6.42 Å². The highest BCUT2D eigenvalue weighted by atomic mass is 16.5. The van der Waals surface area contributed by atoms with Crippen molar-refractivity contribution in [1.82, 2.24) is 0 Å². The number of aliphatic hydroxyl groups excluding tert-OH is 3. The summed E-state index contributed by atoms with van der Waals surface area (Å²) < 4.78 is 4.83. The quantitative estimate of drug-likeness (QED) is 0.603. The second-order valence-electron chi connectivity index (χ2n) is 11.6. The van der Waals surface area contributed by atoms with Crippen molar-refractivity contribution in [3.8, 4) is 0 Å². The fraction of sp³-hybridized carbons (Fsp3) is 0.960. The number of carbonyl (C=O) groups excluding carboxylic acids is 1. The number of carbonyl (C=O) groups is 1. The van der Waals surface area contributed by atoms with Gasteiger partial charge in [0.15, 0.2) is 0 Å². The minimum atomic E-state index is -0.369. The van der Waals surface area contributed by atoms with Crippen LogP contribution in [0.5, 0.6) is 0 Å². The van der Waals surface area contributed by atoms with Gasteiger partial charge >= 0.3 is 5.97 Å². The van der Waals surface area contributed by atoms with Crippen LogP contribution in [0, 0.1) is 46.3 Å². The first-order valence-electron chi connectivity index (χ1n) is 12.2. The molecule has 0 saturated heterocycles. The lowest BCUT2D eigenvalue weighted by Gasteiger charge is -2.63. The van der Waals surface area contributed by atoms with Crippen LogP contribution >= 0.6 is 0 Å². The van der Waals surface area contributed by atoms with E-state index in [0.717, 1.165) is 51.4 Å². The standard InChI is InChI=1S/C25H42O5/c1-14(5-8-22(29)30-4)17-6-7-18-23-19(13-21(28)25(17,18)3)24(2)10-9-16(26)11-15(24)12-20(23)27/h14-21,23,26-28H,5-13H2,1-4H3/t14-,15?,16-,17?,18?,19?,20-,21+,23?,24+,25-/m1/s1. The SMILES string of the molecule is COC(=O)CC[C@@H](C)C1CCC2C3C(C[C@H](O)[C@@]21C)[C@@]1(C)CC[C@@H](O)CC1C[C@H]3O.